The van der Waals surface area contributed by atoms with E-state index >= 15 is 0 Å². The van der Waals surface area contributed by atoms with E-state index in [1.54, 1.807) is 18.2 Å². The fraction of sp³-hybridized carbons (Fsp3) is 0.167. The number of aromatic nitrogens is 1. The maximum atomic E-state index is 13.2. The number of aromatic amines is 1. The molecule has 0 saturated carbocycles. The molecule has 3 aromatic rings. The molecule has 5 rings (SSSR count). The van der Waals surface area contributed by atoms with E-state index in [1.807, 2.05) is 53.6 Å². The summed E-state index contributed by atoms with van der Waals surface area (Å²) in [6, 6.07) is 16.9. The molecule has 0 bridgehead atoms. The summed E-state index contributed by atoms with van der Waals surface area (Å²) in [5.41, 5.74) is 4.58. The third-order valence-corrected chi connectivity index (χ3v) is 5.98. The van der Waals surface area contributed by atoms with Crippen LogP contribution in [-0.4, -0.2) is 47.9 Å². The molecule has 1 saturated heterocycles. The monoisotopic (exact) mass is 432 g/mol. The molecule has 3 heterocycles. The van der Waals surface area contributed by atoms with Gasteiger partial charge in [-0.25, -0.2) is 0 Å². The zero-order valence-electron chi connectivity index (χ0n) is 16.8. The highest BCUT2D eigenvalue weighted by atomic mass is 35.5. The third kappa shape index (κ3) is 3.82. The van der Waals surface area contributed by atoms with E-state index in [-0.39, 0.29) is 11.8 Å². The van der Waals surface area contributed by atoms with Gasteiger partial charge in [-0.1, -0.05) is 11.6 Å². The number of nitrogens with one attached hydrogen (secondary N) is 2. The van der Waals surface area contributed by atoms with Crippen molar-refractivity contribution in [3.63, 3.8) is 0 Å². The van der Waals surface area contributed by atoms with Crippen LogP contribution in [0.25, 0.3) is 11.6 Å². The smallest absolute Gasteiger partial charge is 0.256 e. The number of nitrogens with zero attached hydrogens (tertiary/aromatic N) is 2. The number of fused-ring (bicyclic) bond motifs is 1. The minimum atomic E-state index is -0.161. The molecule has 2 aromatic carbocycles. The molecule has 0 aliphatic carbocycles. The second kappa shape index (κ2) is 7.96. The van der Waals surface area contributed by atoms with E-state index in [2.05, 4.69) is 15.2 Å². The fourth-order valence-electron chi connectivity index (χ4n) is 4.06. The summed E-state index contributed by atoms with van der Waals surface area (Å²) in [5.74, 6) is -0.178. The molecule has 0 unspecified atom stereocenters. The Hall–Kier alpha value is -3.51. The number of amides is 2. The molecule has 0 radical (unpaired) electrons. The van der Waals surface area contributed by atoms with Gasteiger partial charge in [-0.15, -0.1) is 0 Å². The summed E-state index contributed by atoms with van der Waals surface area (Å²) in [6.45, 7) is 2.80. The number of carbonyl (C=O) groups excluding carboxylic acids is 2. The van der Waals surface area contributed by atoms with Gasteiger partial charge in [0, 0.05) is 65.6 Å². The van der Waals surface area contributed by atoms with Crippen LogP contribution in [0, 0.1) is 0 Å². The quantitative estimate of drug-likeness (QED) is 0.611. The number of rotatable bonds is 3. The maximum absolute atomic E-state index is 13.2. The van der Waals surface area contributed by atoms with Crippen molar-refractivity contribution >= 4 is 46.4 Å². The van der Waals surface area contributed by atoms with Crippen molar-refractivity contribution in [3.8, 4) is 0 Å². The lowest BCUT2D eigenvalue weighted by atomic mass is 10.0. The second-order valence-corrected chi connectivity index (χ2v) is 8.09. The maximum Gasteiger partial charge on any atom is 0.256 e. The van der Waals surface area contributed by atoms with Gasteiger partial charge in [0.15, 0.2) is 0 Å². The molecular weight excluding hydrogens is 412 g/mol. The molecule has 7 heteroatoms. The number of piperazine rings is 1. The molecule has 2 aliphatic heterocycles. The Morgan fingerprint density at radius 2 is 1.77 bits per heavy atom. The van der Waals surface area contributed by atoms with Gasteiger partial charge in [-0.05, 0) is 60.7 Å². The van der Waals surface area contributed by atoms with Crippen molar-refractivity contribution < 1.29 is 9.59 Å². The number of hydrogen-bond acceptors (Lipinski definition) is 3. The van der Waals surface area contributed by atoms with Crippen LogP contribution in [0.2, 0.25) is 5.02 Å². The molecule has 1 fully saturated rings. The average Bonchev–Trinajstić information content (AvgIpc) is 3.42. The Kier molecular flexibility index (Phi) is 5.00. The van der Waals surface area contributed by atoms with Crippen LogP contribution in [0.1, 0.15) is 21.6 Å². The van der Waals surface area contributed by atoms with Crippen molar-refractivity contribution in [1.82, 2.24) is 9.88 Å². The molecule has 2 aliphatic rings. The summed E-state index contributed by atoms with van der Waals surface area (Å²) >= 11 is 5.98. The molecular formula is C24H21ClN4O2. The van der Waals surface area contributed by atoms with Crippen molar-refractivity contribution in [1.29, 1.82) is 0 Å². The topological polar surface area (TPSA) is 68.4 Å². The number of benzene rings is 2. The van der Waals surface area contributed by atoms with Gasteiger partial charge < -0.3 is 20.1 Å². The highest BCUT2D eigenvalue weighted by Crippen LogP contribution is 2.34. The first kappa shape index (κ1) is 19.5. The van der Waals surface area contributed by atoms with Gasteiger partial charge in [0.2, 0.25) is 0 Å². The molecule has 6 nitrogen and oxygen atoms in total. The molecule has 1 aromatic heterocycles. The Morgan fingerprint density at radius 1 is 1.00 bits per heavy atom. The van der Waals surface area contributed by atoms with E-state index < -0.39 is 0 Å². The van der Waals surface area contributed by atoms with Crippen LogP contribution < -0.4 is 10.2 Å². The van der Waals surface area contributed by atoms with Gasteiger partial charge in [0.05, 0.1) is 5.57 Å². The predicted molar refractivity (Wildman–Crippen MR) is 123 cm³/mol. The summed E-state index contributed by atoms with van der Waals surface area (Å²) in [4.78, 5) is 32.8. The van der Waals surface area contributed by atoms with Gasteiger partial charge in [0.1, 0.15) is 0 Å². The van der Waals surface area contributed by atoms with Crippen molar-refractivity contribution in [2.75, 3.05) is 36.4 Å². The van der Waals surface area contributed by atoms with Crippen LogP contribution in [-0.2, 0) is 4.79 Å². The van der Waals surface area contributed by atoms with Crippen molar-refractivity contribution in [2.24, 2.45) is 0 Å². The van der Waals surface area contributed by atoms with E-state index in [9.17, 15) is 9.59 Å². The number of carbonyl (C=O) groups is 2. The zero-order valence-corrected chi connectivity index (χ0v) is 17.5. The van der Waals surface area contributed by atoms with Crippen LogP contribution in [0.3, 0.4) is 0 Å². The Labute approximate surface area is 185 Å². The molecule has 2 amide bonds. The van der Waals surface area contributed by atoms with E-state index in [1.165, 1.54) is 0 Å². The minimum Gasteiger partial charge on any atom is -0.368 e. The highest BCUT2D eigenvalue weighted by Gasteiger charge is 2.27. The zero-order chi connectivity index (χ0) is 21.4. The summed E-state index contributed by atoms with van der Waals surface area (Å²) < 4.78 is 0. The van der Waals surface area contributed by atoms with Crippen molar-refractivity contribution in [3.05, 3.63) is 82.6 Å². The molecule has 0 atom stereocenters. The predicted octanol–water partition coefficient (Wildman–Crippen LogP) is 4.12. The Bertz CT molecular complexity index is 1160. The minimum absolute atomic E-state index is 0.0165. The molecule has 31 heavy (non-hydrogen) atoms. The lowest BCUT2D eigenvalue weighted by molar-refractivity contribution is -0.110. The summed E-state index contributed by atoms with van der Waals surface area (Å²) in [6.07, 6.45) is 3.62. The van der Waals surface area contributed by atoms with Gasteiger partial charge >= 0.3 is 0 Å². The first-order valence-corrected chi connectivity index (χ1v) is 10.6. The lowest BCUT2D eigenvalue weighted by Gasteiger charge is -2.36. The normalized spacial score (nSPS) is 17.1. The average molecular weight is 433 g/mol. The Balaban J connectivity index is 1.33. The van der Waals surface area contributed by atoms with Crippen molar-refractivity contribution in [2.45, 2.75) is 0 Å². The lowest BCUT2D eigenvalue weighted by Crippen LogP contribution is -2.48. The van der Waals surface area contributed by atoms with E-state index in [4.69, 9.17) is 11.6 Å². The van der Waals surface area contributed by atoms with Gasteiger partial charge in [0.25, 0.3) is 11.8 Å². The molecule has 0 spiro atoms. The Morgan fingerprint density at radius 3 is 2.48 bits per heavy atom. The number of H-pyrrole nitrogens is 1. The van der Waals surface area contributed by atoms with E-state index in [0.29, 0.717) is 29.2 Å². The van der Waals surface area contributed by atoms with Crippen LogP contribution in [0.15, 0.2) is 60.8 Å². The molecule has 156 valence electrons. The van der Waals surface area contributed by atoms with Gasteiger partial charge in [-0.3, -0.25) is 9.59 Å². The third-order valence-electron chi connectivity index (χ3n) is 5.73. The molecule has 2 N–H and O–H groups in total. The number of halogens is 1. The fourth-order valence-corrected chi connectivity index (χ4v) is 4.18. The van der Waals surface area contributed by atoms with E-state index in [0.717, 1.165) is 35.7 Å². The van der Waals surface area contributed by atoms with Crippen LogP contribution in [0.4, 0.5) is 11.4 Å². The van der Waals surface area contributed by atoms with Crippen LogP contribution >= 0.6 is 11.6 Å². The number of anilines is 2. The summed E-state index contributed by atoms with van der Waals surface area (Å²) in [5, 5.41) is 3.59. The summed E-state index contributed by atoms with van der Waals surface area (Å²) in [7, 11) is 0. The van der Waals surface area contributed by atoms with Crippen LogP contribution in [0.5, 0.6) is 0 Å². The second-order valence-electron chi connectivity index (χ2n) is 7.65. The first-order valence-electron chi connectivity index (χ1n) is 10.2. The largest absolute Gasteiger partial charge is 0.368 e. The van der Waals surface area contributed by atoms with Gasteiger partial charge in [-0.2, -0.15) is 0 Å². The SMILES string of the molecule is O=C1Nc2ccc(C(=O)N3CCN(c4ccc(Cl)cc4)CC3)cc2/C1=C/c1ccc[nH]1. The number of hydrogen-bond donors (Lipinski definition) is 2. The highest BCUT2D eigenvalue weighted by molar-refractivity contribution is 6.35. The first-order chi connectivity index (χ1) is 15.1. The standard InChI is InChI=1S/C24H21ClN4O2/c25-17-4-6-19(7-5-17)28-10-12-29(13-11-28)24(31)16-3-8-22-20(14-16)21(23(30)27-22)15-18-2-1-9-26-18/h1-9,14-15,26H,10-13H2,(H,27,30)/b21-15-.